The van der Waals surface area contributed by atoms with Crippen LogP contribution < -0.4 is 0 Å². The van der Waals surface area contributed by atoms with E-state index in [1.165, 1.54) is 0 Å². The average Bonchev–Trinajstić information content (AvgIpc) is 2.30. The molecule has 1 aliphatic heterocycles. The summed E-state index contributed by atoms with van der Waals surface area (Å²) < 4.78 is 5.90. The predicted molar refractivity (Wildman–Crippen MR) is 42.5 cm³/mol. The van der Waals surface area contributed by atoms with Gasteiger partial charge in [0.1, 0.15) is 0 Å². The summed E-state index contributed by atoms with van der Waals surface area (Å²) in [5.41, 5.74) is 0. The molecule has 0 bridgehead atoms. The molecule has 0 saturated carbocycles. The number of hydrogen-bond acceptors (Lipinski definition) is 2. The summed E-state index contributed by atoms with van der Waals surface area (Å²) in [5, 5.41) is 0. The van der Waals surface area contributed by atoms with Gasteiger partial charge in [-0.05, 0) is 0 Å². The van der Waals surface area contributed by atoms with E-state index < -0.39 is 0 Å². The molecule has 12 heavy (non-hydrogen) atoms. The van der Waals surface area contributed by atoms with Gasteiger partial charge in [0.15, 0.2) is 0 Å². The third kappa shape index (κ3) is 1.72. The molecule has 0 aromatic rings. The molecule has 0 aromatic carbocycles. The first-order chi connectivity index (χ1) is 5.54. The Morgan fingerprint density at radius 2 is 2.33 bits per heavy atom. The van der Waals surface area contributed by atoms with E-state index in [4.69, 9.17) is 4.74 Å². The molecule has 4 heteroatoms. The molecular weight excluding hydrogens is 193 g/mol. The third-order valence-corrected chi connectivity index (χ3v) is 2.36. The molecule has 1 fully saturated rings. The molecule has 3 nitrogen and oxygen atoms in total. The van der Waals surface area contributed by atoms with Crippen molar-refractivity contribution < 1.29 is 26.5 Å². The van der Waals surface area contributed by atoms with Gasteiger partial charge in [0.25, 0.3) is 0 Å². The number of hydrogen-bond donors (Lipinski definition) is 0. The fourth-order valence-electron chi connectivity index (χ4n) is 1.30. The van der Waals surface area contributed by atoms with Crippen molar-refractivity contribution in [3.05, 3.63) is 0 Å². The average molecular weight is 206 g/mol. The molecule has 1 rings (SSSR count). The van der Waals surface area contributed by atoms with Crippen molar-refractivity contribution in [2.75, 3.05) is 6.61 Å². The summed E-state index contributed by atoms with van der Waals surface area (Å²) >= 11 is 2.39. The van der Waals surface area contributed by atoms with E-state index in [9.17, 15) is 4.79 Å². The van der Waals surface area contributed by atoms with E-state index in [2.05, 4.69) is 30.8 Å². The van der Waals surface area contributed by atoms with Crippen molar-refractivity contribution >= 4 is 10.4 Å². The number of carbonyl (C=O) groups is 1. The zero-order valence-corrected chi connectivity index (χ0v) is 8.97. The van der Waals surface area contributed by atoms with Crippen molar-refractivity contribution in [2.45, 2.75) is 26.8 Å². The number of rotatable bonds is 2. The Hall–Kier alpha value is -0.276. The molecule has 0 spiro atoms. The van der Waals surface area contributed by atoms with Crippen LogP contribution in [-0.4, -0.2) is 28.0 Å². The van der Waals surface area contributed by atoms with Crippen LogP contribution in [0, 0.1) is 5.92 Å². The topological polar surface area (TPSA) is 29.5 Å². The van der Waals surface area contributed by atoms with Gasteiger partial charge in [-0.25, -0.2) is 0 Å². The molecule has 0 aliphatic carbocycles. The van der Waals surface area contributed by atoms with Crippen LogP contribution in [0.2, 0.25) is 0 Å². The van der Waals surface area contributed by atoms with Crippen LogP contribution in [-0.2, 0) is 21.7 Å². The normalized spacial score (nSPS) is 23.1. The first-order valence-corrected chi connectivity index (χ1v) is 4.72. The quantitative estimate of drug-likeness (QED) is 0.678. The van der Waals surface area contributed by atoms with Crippen LogP contribution in [0.5, 0.6) is 0 Å². The molecule has 1 aliphatic rings. The van der Waals surface area contributed by atoms with Gasteiger partial charge in [0.05, 0.1) is 0 Å². The van der Waals surface area contributed by atoms with Gasteiger partial charge in [0.2, 0.25) is 0 Å². The fourth-order valence-corrected chi connectivity index (χ4v) is 1.66. The van der Waals surface area contributed by atoms with E-state index in [0.29, 0.717) is 12.5 Å². The van der Waals surface area contributed by atoms with Crippen LogP contribution >= 0.6 is 0 Å². The first-order valence-electron chi connectivity index (χ1n) is 4.02. The van der Waals surface area contributed by atoms with E-state index in [-0.39, 0.29) is 12.1 Å². The fraction of sp³-hybridized carbons (Fsp3) is 0.750. The minimum atomic E-state index is -0.216. The molecule has 0 unspecified atom stereocenters. The summed E-state index contributed by atoms with van der Waals surface area (Å²) in [5.74, 6) is 0.440. The van der Waals surface area contributed by atoms with Crippen LogP contribution in [0.4, 0.5) is 4.79 Å². The summed E-state index contributed by atoms with van der Waals surface area (Å²) in [6.45, 7) is 6.61. The van der Waals surface area contributed by atoms with Crippen LogP contribution in [0.1, 0.15) is 20.8 Å². The molecular formula is C8H13NO2V. The molecule has 0 aromatic heterocycles. The second-order valence-corrected chi connectivity index (χ2v) is 4.32. The van der Waals surface area contributed by atoms with E-state index in [0.717, 1.165) is 4.35 Å². The van der Waals surface area contributed by atoms with E-state index in [1.54, 1.807) is 4.90 Å². The second kappa shape index (κ2) is 3.63. The number of nitrogens with zero attached hydrogens (tertiary/aromatic N) is 1. The minimum absolute atomic E-state index is 0.209. The molecule has 1 saturated heterocycles. The maximum atomic E-state index is 11.2. The monoisotopic (exact) mass is 206 g/mol. The molecule has 1 heterocycles. The van der Waals surface area contributed by atoms with Crippen molar-refractivity contribution in [3.63, 3.8) is 0 Å². The summed E-state index contributed by atoms with van der Waals surface area (Å²) in [6, 6.07) is 0.209. The molecule has 1 amide bonds. The Balaban J connectivity index is 2.77. The van der Waals surface area contributed by atoms with Crippen LogP contribution in [0.25, 0.3) is 0 Å². The Morgan fingerprint density at radius 3 is 2.67 bits per heavy atom. The molecule has 0 radical (unpaired) electrons. The van der Waals surface area contributed by atoms with Gasteiger partial charge < -0.3 is 0 Å². The summed E-state index contributed by atoms with van der Waals surface area (Å²) in [6.07, 6.45) is -0.216. The zero-order valence-electron chi connectivity index (χ0n) is 7.57. The Labute approximate surface area is 81.6 Å². The van der Waals surface area contributed by atoms with Gasteiger partial charge in [-0.1, -0.05) is 0 Å². The second-order valence-electron chi connectivity index (χ2n) is 3.31. The number of cyclic esters (lactones) is 1. The van der Waals surface area contributed by atoms with E-state index in [1.807, 2.05) is 6.92 Å². The predicted octanol–water partition coefficient (Wildman–Crippen LogP) is 1.16. The van der Waals surface area contributed by atoms with Gasteiger partial charge in [0, 0.05) is 0 Å². The standard InChI is InChI=1S/C8H13NO2.V/c1-4-9-7(6(2)3)5-11-8(9)10;/h6-7H,5H2,1-3H3;/t7-;/m1./s1. The number of ether oxygens (including phenoxy) is 1. The van der Waals surface area contributed by atoms with Crippen molar-refractivity contribution in [1.82, 2.24) is 4.90 Å². The first kappa shape index (κ1) is 9.81. The summed E-state index contributed by atoms with van der Waals surface area (Å²) in [7, 11) is 0. The number of amides is 1. The Morgan fingerprint density at radius 1 is 1.75 bits per heavy atom. The van der Waals surface area contributed by atoms with E-state index >= 15 is 0 Å². The maximum absolute atomic E-state index is 11.2. The number of carbonyl (C=O) groups excluding carboxylic acids is 1. The van der Waals surface area contributed by atoms with Crippen LogP contribution in [0.3, 0.4) is 0 Å². The molecule has 1 atom stereocenters. The van der Waals surface area contributed by atoms with Crippen molar-refractivity contribution in [2.24, 2.45) is 5.92 Å². The zero-order chi connectivity index (χ0) is 9.30. The van der Waals surface area contributed by atoms with Gasteiger partial charge >= 0.3 is 81.2 Å². The van der Waals surface area contributed by atoms with Gasteiger partial charge in [-0.3, -0.25) is 0 Å². The molecule has 67 valence electrons. The van der Waals surface area contributed by atoms with Crippen LogP contribution in [0.15, 0.2) is 0 Å². The Kier molecular flexibility index (Phi) is 2.96. The van der Waals surface area contributed by atoms with Crippen molar-refractivity contribution in [1.29, 1.82) is 0 Å². The third-order valence-electron chi connectivity index (χ3n) is 2.02. The Bertz CT molecular complexity index is 215. The van der Waals surface area contributed by atoms with Gasteiger partial charge in [-0.15, -0.1) is 0 Å². The van der Waals surface area contributed by atoms with Gasteiger partial charge in [-0.2, -0.15) is 0 Å². The SMILES string of the molecule is C[C](=[V])N1C(=O)OC[C@@H]1C(C)C. The summed E-state index contributed by atoms with van der Waals surface area (Å²) in [4.78, 5) is 12.9. The van der Waals surface area contributed by atoms with Crippen molar-refractivity contribution in [3.8, 4) is 0 Å². The molecule has 0 N–H and O–H groups in total.